The number of nitrogens with zero attached hydrogens (tertiary/aromatic N) is 3. The van der Waals surface area contributed by atoms with E-state index in [-0.39, 0.29) is 37.1 Å². The molecule has 0 fully saturated rings. The van der Waals surface area contributed by atoms with Gasteiger partial charge in [-0.25, -0.2) is 0 Å². The number of hydrogen-bond acceptors (Lipinski definition) is 7. The number of aliphatic imine (C=N–C) groups is 1. The minimum atomic E-state index is -0.112. The van der Waals surface area contributed by atoms with Gasteiger partial charge >= 0.3 is 0 Å². The van der Waals surface area contributed by atoms with Gasteiger partial charge in [0, 0.05) is 47.4 Å². The molecular formula is C43H38N4O5. The number of rotatable bonds is 7. The molecular weight excluding hydrogens is 652 g/mol. The third-order valence-electron chi connectivity index (χ3n) is 10.7. The number of nitrogens with two attached hydrogens (primary N) is 1. The van der Waals surface area contributed by atoms with Crippen LogP contribution in [0.2, 0.25) is 0 Å². The molecule has 9 rings (SSSR count). The number of aryl methyl sites for hydroxylation is 2. The third-order valence-corrected chi connectivity index (χ3v) is 10.7. The average molecular weight is 691 g/mol. The molecule has 4 heterocycles. The van der Waals surface area contributed by atoms with Crippen LogP contribution in [0.3, 0.4) is 0 Å². The van der Waals surface area contributed by atoms with E-state index in [1.54, 1.807) is 7.11 Å². The largest absolute Gasteiger partial charge is 0.493 e. The summed E-state index contributed by atoms with van der Waals surface area (Å²) in [4.78, 5) is 36.1. The summed E-state index contributed by atoms with van der Waals surface area (Å²) in [5.74, 6) is 1.69. The van der Waals surface area contributed by atoms with Crippen LogP contribution in [0.1, 0.15) is 60.5 Å². The molecule has 4 aliphatic heterocycles. The summed E-state index contributed by atoms with van der Waals surface area (Å²) in [5.41, 5.74) is 16.6. The summed E-state index contributed by atoms with van der Waals surface area (Å²) < 4.78 is 18.4. The number of benzene rings is 5. The van der Waals surface area contributed by atoms with E-state index in [9.17, 15) is 9.59 Å². The first-order chi connectivity index (χ1) is 25.3. The Labute approximate surface area is 302 Å². The number of anilines is 3. The zero-order valence-corrected chi connectivity index (χ0v) is 29.1. The maximum atomic E-state index is 13.9. The van der Waals surface area contributed by atoms with Gasteiger partial charge in [0.2, 0.25) is 0 Å². The molecule has 0 spiro atoms. The van der Waals surface area contributed by atoms with Crippen molar-refractivity contribution in [2.75, 3.05) is 22.6 Å². The van der Waals surface area contributed by atoms with Crippen molar-refractivity contribution in [3.8, 4) is 17.2 Å². The molecule has 5 aromatic rings. The SMILES string of the molecule is COc1cc2c(cc1OCc1cc(N)cc(COc3cc4c(cc3C)C(=O)N3c5ccccc5C[C@H]3C=N4)c1)CC[C@@H]1Cc3ccccc3N1C2=O. The van der Waals surface area contributed by atoms with Crippen molar-refractivity contribution < 1.29 is 23.8 Å². The maximum absolute atomic E-state index is 13.9. The molecule has 9 nitrogen and oxygen atoms in total. The third kappa shape index (κ3) is 5.44. The first-order valence-corrected chi connectivity index (χ1v) is 17.7. The van der Waals surface area contributed by atoms with Gasteiger partial charge in [-0.3, -0.25) is 19.5 Å². The number of methoxy groups -OCH3 is 1. The predicted octanol–water partition coefficient (Wildman–Crippen LogP) is 7.55. The summed E-state index contributed by atoms with van der Waals surface area (Å²) in [7, 11) is 1.59. The van der Waals surface area contributed by atoms with Crippen LogP contribution in [0.5, 0.6) is 17.2 Å². The number of hydrogen-bond donors (Lipinski definition) is 1. The highest BCUT2D eigenvalue weighted by Gasteiger charge is 2.38. The van der Waals surface area contributed by atoms with Crippen molar-refractivity contribution in [2.24, 2.45) is 4.99 Å². The zero-order chi connectivity index (χ0) is 35.5. The van der Waals surface area contributed by atoms with E-state index in [2.05, 4.69) is 12.1 Å². The number of amides is 2. The highest BCUT2D eigenvalue weighted by Crippen LogP contribution is 2.42. The Morgan fingerprint density at radius 3 is 2.15 bits per heavy atom. The number of carbonyl (C=O) groups excluding carboxylic acids is 2. The number of para-hydroxylation sites is 2. The number of fused-ring (bicyclic) bond motifs is 8. The van der Waals surface area contributed by atoms with Crippen LogP contribution in [-0.2, 0) is 32.5 Å². The molecule has 5 aromatic carbocycles. The Hall–Kier alpha value is -6.09. The van der Waals surface area contributed by atoms with Crippen LogP contribution in [0.25, 0.3) is 0 Å². The number of ether oxygens (including phenoxy) is 3. The molecule has 2 atom stereocenters. The van der Waals surface area contributed by atoms with Gasteiger partial charge in [-0.1, -0.05) is 36.4 Å². The van der Waals surface area contributed by atoms with Crippen LogP contribution in [-0.4, -0.2) is 37.2 Å². The predicted molar refractivity (Wildman–Crippen MR) is 202 cm³/mol. The Morgan fingerprint density at radius 2 is 1.40 bits per heavy atom. The molecule has 0 bridgehead atoms. The molecule has 0 aliphatic carbocycles. The van der Waals surface area contributed by atoms with Gasteiger partial charge in [0.15, 0.2) is 11.5 Å². The normalized spacial score (nSPS) is 18.0. The van der Waals surface area contributed by atoms with Crippen molar-refractivity contribution in [3.63, 3.8) is 0 Å². The summed E-state index contributed by atoms with van der Waals surface area (Å²) in [6, 6.07) is 29.5. The van der Waals surface area contributed by atoms with Gasteiger partial charge in [-0.15, -0.1) is 0 Å². The summed E-state index contributed by atoms with van der Waals surface area (Å²) in [6.45, 7) is 2.46. The van der Waals surface area contributed by atoms with E-state index < -0.39 is 0 Å². The lowest BCUT2D eigenvalue weighted by Crippen LogP contribution is -2.37. The smallest absolute Gasteiger partial charge is 0.261 e. The molecule has 9 heteroatoms. The molecule has 0 saturated heterocycles. The van der Waals surface area contributed by atoms with E-state index in [1.807, 2.05) is 102 Å². The van der Waals surface area contributed by atoms with Crippen molar-refractivity contribution >= 4 is 40.8 Å². The highest BCUT2D eigenvalue weighted by molar-refractivity contribution is 6.14. The molecule has 0 aromatic heterocycles. The van der Waals surface area contributed by atoms with Crippen LogP contribution in [0.4, 0.5) is 22.7 Å². The second-order valence-electron chi connectivity index (χ2n) is 14.0. The van der Waals surface area contributed by atoms with Crippen LogP contribution >= 0.6 is 0 Å². The van der Waals surface area contributed by atoms with Gasteiger partial charge in [0.05, 0.1) is 24.4 Å². The topological polar surface area (TPSA) is 107 Å². The second kappa shape index (κ2) is 12.6. The molecule has 2 amide bonds. The fraction of sp³-hybridized carbons (Fsp3) is 0.233. The summed E-state index contributed by atoms with van der Waals surface area (Å²) in [6.07, 6.45) is 5.12. The number of carbonyl (C=O) groups is 2. The first-order valence-electron chi connectivity index (χ1n) is 17.7. The molecule has 52 heavy (non-hydrogen) atoms. The first kappa shape index (κ1) is 31.9. The standard InChI is InChI=1S/C43H38N4O5/c1-25-13-35-36(45-22-33-18-30-8-4-6-10-38(30)47(33)43(35)49)21-39(25)51-23-26-14-27(16-31(44)15-26)24-52-41-19-28-11-12-32-17-29-7-3-5-9-37(29)46(32)42(48)34(28)20-40(41)50-2/h3-10,13-16,19-22,32-33H,11-12,17-18,23-24,44H2,1-2H3/t32-,33+/m1/s1. The number of nitrogen functional groups attached to an aromatic ring is 1. The summed E-state index contributed by atoms with van der Waals surface area (Å²) >= 11 is 0. The minimum absolute atomic E-state index is 0.00186. The lowest BCUT2D eigenvalue weighted by molar-refractivity contribution is 0.0975. The van der Waals surface area contributed by atoms with Crippen molar-refractivity contribution in [2.45, 2.75) is 57.9 Å². The maximum Gasteiger partial charge on any atom is 0.261 e. The average Bonchev–Trinajstić information content (AvgIpc) is 3.64. The van der Waals surface area contributed by atoms with E-state index in [4.69, 9.17) is 24.9 Å². The fourth-order valence-corrected chi connectivity index (χ4v) is 8.18. The van der Waals surface area contributed by atoms with E-state index >= 15 is 0 Å². The molecule has 0 unspecified atom stereocenters. The van der Waals surface area contributed by atoms with Gasteiger partial charge in [-0.05, 0) is 108 Å². The Bertz CT molecular complexity index is 2320. The van der Waals surface area contributed by atoms with Gasteiger partial charge in [0.1, 0.15) is 19.0 Å². The Morgan fingerprint density at radius 1 is 0.731 bits per heavy atom. The monoisotopic (exact) mass is 690 g/mol. The summed E-state index contributed by atoms with van der Waals surface area (Å²) in [5, 5.41) is 0. The van der Waals surface area contributed by atoms with Crippen molar-refractivity contribution in [3.05, 3.63) is 136 Å². The van der Waals surface area contributed by atoms with Gasteiger partial charge in [0.25, 0.3) is 11.8 Å². The van der Waals surface area contributed by atoms with Crippen LogP contribution in [0, 0.1) is 6.92 Å². The van der Waals surface area contributed by atoms with E-state index in [0.29, 0.717) is 39.8 Å². The van der Waals surface area contributed by atoms with Gasteiger partial charge in [-0.2, -0.15) is 0 Å². The van der Waals surface area contributed by atoms with Crippen LogP contribution < -0.4 is 29.7 Å². The molecule has 2 N–H and O–H groups in total. The molecule has 260 valence electrons. The van der Waals surface area contributed by atoms with Crippen molar-refractivity contribution in [1.29, 1.82) is 0 Å². The van der Waals surface area contributed by atoms with E-state index in [1.165, 1.54) is 5.56 Å². The quantitative estimate of drug-likeness (QED) is 0.177. The highest BCUT2D eigenvalue weighted by atomic mass is 16.5. The molecule has 0 saturated carbocycles. The zero-order valence-electron chi connectivity index (χ0n) is 29.1. The minimum Gasteiger partial charge on any atom is -0.493 e. The molecule has 4 aliphatic rings. The Balaban J connectivity index is 0.909. The second-order valence-corrected chi connectivity index (χ2v) is 14.0. The lowest BCUT2D eigenvalue weighted by Gasteiger charge is -2.23. The Kier molecular flexibility index (Phi) is 7.72. The lowest BCUT2D eigenvalue weighted by atomic mass is 9.99. The molecule has 0 radical (unpaired) electrons. The van der Waals surface area contributed by atoms with E-state index in [0.717, 1.165) is 64.9 Å². The fourth-order valence-electron chi connectivity index (χ4n) is 8.18. The van der Waals surface area contributed by atoms with Crippen LogP contribution in [0.15, 0.2) is 96.0 Å². The van der Waals surface area contributed by atoms with Gasteiger partial charge < -0.3 is 24.8 Å². The van der Waals surface area contributed by atoms with Crippen molar-refractivity contribution in [1.82, 2.24) is 0 Å².